The SMILES string of the molecule is COc1ccc(-n2cc3c(-c4ccc(-c5ccccc5)cc4)nnc(C)c3n2)cc1. The number of fused-ring (bicyclic) bond motifs is 1. The first-order valence-electron chi connectivity index (χ1n) is 9.76. The van der Waals surface area contributed by atoms with Crippen molar-refractivity contribution in [2.45, 2.75) is 6.92 Å². The summed E-state index contributed by atoms with van der Waals surface area (Å²) in [5.41, 5.74) is 6.82. The fourth-order valence-electron chi connectivity index (χ4n) is 3.57. The summed E-state index contributed by atoms with van der Waals surface area (Å²) in [7, 11) is 1.66. The normalized spacial score (nSPS) is 11.0. The maximum Gasteiger partial charge on any atom is 0.119 e. The Balaban J connectivity index is 1.57. The van der Waals surface area contributed by atoms with Gasteiger partial charge in [-0.2, -0.15) is 10.2 Å². The largest absolute Gasteiger partial charge is 0.497 e. The minimum atomic E-state index is 0.807. The van der Waals surface area contributed by atoms with Gasteiger partial charge in [-0.1, -0.05) is 54.6 Å². The van der Waals surface area contributed by atoms with E-state index in [1.165, 1.54) is 11.1 Å². The molecule has 0 aliphatic carbocycles. The van der Waals surface area contributed by atoms with Crippen LogP contribution in [-0.2, 0) is 0 Å². The molecule has 0 bridgehead atoms. The maximum absolute atomic E-state index is 5.25. The average molecular weight is 392 g/mol. The van der Waals surface area contributed by atoms with E-state index in [1.807, 2.05) is 60.3 Å². The number of methoxy groups -OCH3 is 1. The Morgan fingerprint density at radius 3 is 2.10 bits per heavy atom. The minimum absolute atomic E-state index is 0.807. The van der Waals surface area contributed by atoms with Gasteiger partial charge in [0.05, 0.1) is 23.9 Å². The van der Waals surface area contributed by atoms with Gasteiger partial charge in [-0.05, 0) is 42.3 Å². The number of aryl methyl sites for hydroxylation is 1. The van der Waals surface area contributed by atoms with E-state index in [1.54, 1.807) is 7.11 Å². The third-order valence-electron chi connectivity index (χ3n) is 5.21. The molecule has 0 aliphatic heterocycles. The second-order valence-corrected chi connectivity index (χ2v) is 7.11. The molecule has 0 fully saturated rings. The van der Waals surface area contributed by atoms with E-state index in [-0.39, 0.29) is 0 Å². The van der Waals surface area contributed by atoms with Gasteiger partial charge in [0.25, 0.3) is 0 Å². The Morgan fingerprint density at radius 2 is 1.40 bits per heavy atom. The predicted molar refractivity (Wildman–Crippen MR) is 119 cm³/mol. The van der Waals surface area contributed by atoms with Crippen molar-refractivity contribution in [2.75, 3.05) is 7.11 Å². The van der Waals surface area contributed by atoms with Crippen LogP contribution in [0.25, 0.3) is 39.0 Å². The molecule has 146 valence electrons. The van der Waals surface area contributed by atoms with Crippen LogP contribution in [-0.4, -0.2) is 27.1 Å². The molecule has 0 unspecified atom stereocenters. The van der Waals surface area contributed by atoms with E-state index >= 15 is 0 Å². The molecule has 0 spiro atoms. The Kier molecular flexibility index (Phi) is 4.48. The number of hydrogen-bond acceptors (Lipinski definition) is 4. The van der Waals surface area contributed by atoms with Gasteiger partial charge in [0.15, 0.2) is 0 Å². The summed E-state index contributed by atoms with van der Waals surface area (Å²) in [6.45, 7) is 1.93. The molecule has 2 heterocycles. The number of nitrogens with zero attached hydrogens (tertiary/aromatic N) is 4. The smallest absolute Gasteiger partial charge is 0.119 e. The van der Waals surface area contributed by atoms with E-state index in [9.17, 15) is 0 Å². The molecule has 2 aromatic heterocycles. The summed E-state index contributed by atoms with van der Waals surface area (Å²) in [4.78, 5) is 0. The molecule has 5 heteroatoms. The highest BCUT2D eigenvalue weighted by molar-refractivity contribution is 5.93. The van der Waals surface area contributed by atoms with Gasteiger partial charge in [-0.15, -0.1) is 5.10 Å². The molecular formula is C25H20N4O. The molecule has 0 saturated heterocycles. The molecule has 3 aromatic carbocycles. The number of benzene rings is 3. The van der Waals surface area contributed by atoms with E-state index in [4.69, 9.17) is 9.84 Å². The van der Waals surface area contributed by atoms with Gasteiger partial charge in [0, 0.05) is 11.8 Å². The average Bonchev–Trinajstić information content (AvgIpc) is 3.27. The first kappa shape index (κ1) is 18.1. The quantitative estimate of drug-likeness (QED) is 0.407. The van der Waals surface area contributed by atoms with Crippen molar-refractivity contribution in [3.8, 4) is 33.8 Å². The van der Waals surface area contributed by atoms with Crippen LogP contribution < -0.4 is 4.74 Å². The predicted octanol–water partition coefficient (Wildman–Crippen LogP) is 5.47. The Morgan fingerprint density at radius 1 is 0.733 bits per heavy atom. The van der Waals surface area contributed by atoms with Crippen molar-refractivity contribution in [3.05, 3.63) is 90.8 Å². The second-order valence-electron chi connectivity index (χ2n) is 7.11. The standard InChI is InChI=1S/C25H20N4O/c1-17-24-23(16-29(28-24)21-12-14-22(30-2)15-13-21)25(27-26-17)20-10-8-19(9-11-20)18-6-4-3-5-7-18/h3-16H,1-2H3. The third kappa shape index (κ3) is 3.20. The lowest BCUT2D eigenvalue weighted by molar-refractivity contribution is 0.414. The van der Waals surface area contributed by atoms with Crippen molar-refractivity contribution in [2.24, 2.45) is 0 Å². The summed E-state index contributed by atoms with van der Waals surface area (Å²) in [6.07, 6.45) is 2.01. The van der Waals surface area contributed by atoms with Crippen molar-refractivity contribution >= 4 is 10.9 Å². The summed E-state index contributed by atoms with van der Waals surface area (Å²) >= 11 is 0. The molecule has 0 saturated carbocycles. The fourth-order valence-corrected chi connectivity index (χ4v) is 3.57. The molecule has 0 aliphatic rings. The van der Waals surface area contributed by atoms with Gasteiger partial charge < -0.3 is 4.74 Å². The Labute approximate surface area is 174 Å². The third-order valence-corrected chi connectivity index (χ3v) is 5.21. The van der Waals surface area contributed by atoms with Crippen LogP contribution in [0.15, 0.2) is 85.1 Å². The fraction of sp³-hybridized carbons (Fsp3) is 0.0800. The summed E-state index contributed by atoms with van der Waals surface area (Å²) in [5, 5.41) is 14.6. The molecule has 5 rings (SSSR count). The molecule has 5 nitrogen and oxygen atoms in total. The number of hydrogen-bond donors (Lipinski definition) is 0. The van der Waals surface area contributed by atoms with Gasteiger partial charge in [-0.3, -0.25) is 0 Å². The number of rotatable bonds is 4. The lowest BCUT2D eigenvalue weighted by Crippen LogP contribution is -1.95. The van der Waals surface area contributed by atoms with Gasteiger partial charge in [0.2, 0.25) is 0 Å². The lowest BCUT2D eigenvalue weighted by Gasteiger charge is -2.05. The van der Waals surface area contributed by atoms with Crippen LogP contribution in [0.2, 0.25) is 0 Å². The summed E-state index contributed by atoms with van der Waals surface area (Å²) < 4.78 is 7.12. The van der Waals surface area contributed by atoms with Gasteiger partial charge in [0.1, 0.15) is 17.0 Å². The second kappa shape index (κ2) is 7.44. The maximum atomic E-state index is 5.25. The summed E-state index contributed by atoms with van der Waals surface area (Å²) in [6, 6.07) is 26.6. The zero-order valence-electron chi connectivity index (χ0n) is 16.8. The van der Waals surface area contributed by atoms with E-state index in [0.717, 1.165) is 39.3 Å². The van der Waals surface area contributed by atoms with E-state index < -0.39 is 0 Å². The monoisotopic (exact) mass is 392 g/mol. The first-order valence-corrected chi connectivity index (χ1v) is 9.76. The molecule has 30 heavy (non-hydrogen) atoms. The summed E-state index contributed by atoms with van der Waals surface area (Å²) in [5.74, 6) is 0.814. The number of ether oxygens (including phenoxy) is 1. The van der Waals surface area contributed by atoms with Crippen LogP contribution in [0.5, 0.6) is 5.75 Å². The molecule has 0 atom stereocenters. The van der Waals surface area contributed by atoms with Gasteiger partial charge >= 0.3 is 0 Å². The molecule has 0 amide bonds. The van der Waals surface area contributed by atoms with Crippen LogP contribution in [0.1, 0.15) is 5.69 Å². The molecular weight excluding hydrogens is 372 g/mol. The highest BCUT2D eigenvalue weighted by Gasteiger charge is 2.14. The molecule has 0 radical (unpaired) electrons. The zero-order valence-corrected chi connectivity index (χ0v) is 16.8. The van der Waals surface area contributed by atoms with Crippen molar-refractivity contribution < 1.29 is 4.74 Å². The van der Waals surface area contributed by atoms with Crippen molar-refractivity contribution in [1.82, 2.24) is 20.0 Å². The highest BCUT2D eigenvalue weighted by atomic mass is 16.5. The minimum Gasteiger partial charge on any atom is -0.497 e. The van der Waals surface area contributed by atoms with E-state index in [2.05, 4.69) is 46.6 Å². The van der Waals surface area contributed by atoms with Crippen molar-refractivity contribution in [3.63, 3.8) is 0 Å². The van der Waals surface area contributed by atoms with Crippen LogP contribution >= 0.6 is 0 Å². The Bertz CT molecular complexity index is 1310. The first-order chi connectivity index (χ1) is 14.7. The van der Waals surface area contributed by atoms with Crippen LogP contribution in [0, 0.1) is 6.92 Å². The highest BCUT2D eigenvalue weighted by Crippen LogP contribution is 2.30. The van der Waals surface area contributed by atoms with Crippen LogP contribution in [0.3, 0.4) is 0 Å². The lowest BCUT2D eigenvalue weighted by atomic mass is 10.0. The number of aromatic nitrogens is 4. The topological polar surface area (TPSA) is 52.8 Å². The van der Waals surface area contributed by atoms with E-state index in [0.29, 0.717) is 0 Å². The molecule has 5 aromatic rings. The van der Waals surface area contributed by atoms with Gasteiger partial charge in [-0.25, -0.2) is 4.68 Å². The van der Waals surface area contributed by atoms with Crippen molar-refractivity contribution in [1.29, 1.82) is 0 Å². The zero-order chi connectivity index (χ0) is 20.5. The van der Waals surface area contributed by atoms with Crippen LogP contribution in [0.4, 0.5) is 0 Å². The Hall–Kier alpha value is -3.99. The molecule has 0 N–H and O–H groups in total.